The molecule has 1 N–H and O–H groups in total. The van der Waals surface area contributed by atoms with E-state index in [2.05, 4.69) is 9.97 Å². The van der Waals surface area contributed by atoms with E-state index in [-0.39, 0.29) is 5.92 Å². The van der Waals surface area contributed by atoms with Crippen LogP contribution in [0.2, 0.25) is 0 Å². The molecule has 0 spiro atoms. The second-order valence-corrected chi connectivity index (χ2v) is 2.96. The van der Waals surface area contributed by atoms with Gasteiger partial charge in [0.1, 0.15) is 6.33 Å². The van der Waals surface area contributed by atoms with E-state index in [0.29, 0.717) is 0 Å². The van der Waals surface area contributed by atoms with Crippen LogP contribution in [0, 0.1) is 12.8 Å². The lowest BCUT2D eigenvalue weighted by Gasteiger charge is -1.81. The maximum absolute atomic E-state index is 9.76. The third-order valence-corrected chi connectivity index (χ3v) is 1.66. The zero-order chi connectivity index (χ0) is 9.68. The summed E-state index contributed by atoms with van der Waals surface area (Å²) >= 11 is 0. The molecular formula is C9H12N2O2. The fourth-order valence-corrected chi connectivity index (χ4v) is 0.687. The summed E-state index contributed by atoms with van der Waals surface area (Å²) in [4.78, 5) is 17.4. The Morgan fingerprint density at radius 1 is 1.62 bits per heavy atom. The van der Waals surface area contributed by atoms with Crippen LogP contribution in [0.3, 0.4) is 0 Å². The highest BCUT2D eigenvalue weighted by Crippen LogP contribution is 2.28. The summed E-state index contributed by atoms with van der Waals surface area (Å²) in [5.74, 6) is -0.611. The first kappa shape index (κ1) is 9.64. The number of aryl methyl sites for hydroxylation is 1. The van der Waals surface area contributed by atoms with Crippen LogP contribution >= 0.6 is 0 Å². The van der Waals surface area contributed by atoms with Gasteiger partial charge >= 0.3 is 5.97 Å². The van der Waals surface area contributed by atoms with Gasteiger partial charge in [0.25, 0.3) is 0 Å². The quantitative estimate of drug-likeness (QED) is 0.706. The summed E-state index contributed by atoms with van der Waals surface area (Å²) < 4.78 is 0. The van der Waals surface area contributed by atoms with Crippen LogP contribution in [-0.4, -0.2) is 21.0 Å². The standard InChI is InChI=1S/C5H6N2.C4H6O2/c1-5-2-3-6-4-7-5;5-4(6)3-1-2-3/h2-4H,1H3;3H,1-2H2,(H,5,6). The summed E-state index contributed by atoms with van der Waals surface area (Å²) in [6, 6.07) is 1.86. The Balaban J connectivity index is 0.000000132. The van der Waals surface area contributed by atoms with Gasteiger partial charge in [-0.25, -0.2) is 9.97 Å². The van der Waals surface area contributed by atoms with Crippen molar-refractivity contribution in [2.75, 3.05) is 0 Å². The van der Waals surface area contributed by atoms with Crippen LogP contribution in [-0.2, 0) is 4.79 Å². The predicted octanol–water partition coefficient (Wildman–Crippen LogP) is 1.27. The van der Waals surface area contributed by atoms with E-state index in [9.17, 15) is 4.79 Å². The van der Waals surface area contributed by atoms with Crippen molar-refractivity contribution in [1.82, 2.24) is 9.97 Å². The van der Waals surface area contributed by atoms with Crippen LogP contribution < -0.4 is 0 Å². The van der Waals surface area contributed by atoms with Crippen molar-refractivity contribution in [3.05, 3.63) is 24.3 Å². The van der Waals surface area contributed by atoms with Crippen molar-refractivity contribution in [3.63, 3.8) is 0 Å². The van der Waals surface area contributed by atoms with Crippen LogP contribution in [0.25, 0.3) is 0 Å². The highest BCUT2D eigenvalue weighted by Gasteiger charge is 2.28. The molecule has 0 atom stereocenters. The zero-order valence-electron chi connectivity index (χ0n) is 7.47. The molecule has 0 aromatic carbocycles. The van der Waals surface area contributed by atoms with Gasteiger partial charge in [0.05, 0.1) is 5.92 Å². The Hall–Kier alpha value is -1.45. The van der Waals surface area contributed by atoms with Gasteiger partial charge in [-0.05, 0) is 25.8 Å². The SMILES string of the molecule is Cc1ccncn1.O=C(O)C1CC1. The van der Waals surface area contributed by atoms with E-state index in [1.54, 1.807) is 6.20 Å². The molecule has 0 bridgehead atoms. The molecule has 1 fully saturated rings. The Morgan fingerprint density at radius 2 is 2.31 bits per heavy atom. The minimum Gasteiger partial charge on any atom is -0.481 e. The molecule has 1 aliphatic carbocycles. The van der Waals surface area contributed by atoms with E-state index in [1.807, 2.05) is 13.0 Å². The lowest BCUT2D eigenvalue weighted by molar-refractivity contribution is -0.138. The number of hydrogen-bond acceptors (Lipinski definition) is 3. The van der Waals surface area contributed by atoms with Gasteiger partial charge < -0.3 is 5.11 Å². The Labute approximate surface area is 76.7 Å². The molecule has 0 radical (unpaired) electrons. The van der Waals surface area contributed by atoms with Gasteiger partial charge in [-0.15, -0.1) is 0 Å². The topological polar surface area (TPSA) is 63.1 Å². The minimum absolute atomic E-state index is 0.0185. The number of carboxylic acids is 1. The third-order valence-electron chi connectivity index (χ3n) is 1.66. The first-order valence-electron chi connectivity index (χ1n) is 4.15. The number of hydrogen-bond donors (Lipinski definition) is 1. The molecule has 70 valence electrons. The van der Waals surface area contributed by atoms with E-state index >= 15 is 0 Å². The molecule has 0 saturated heterocycles. The van der Waals surface area contributed by atoms with Gasteiger partial charge in [-0.3, -0.25) is 4.79 Å². The molecule has 1 aliphatic rings. The minimum atomic E-state index is -0.630. The number of carbonyl (C=O) groups is 1. The molecule has 0 amide bonds. The number of aliphatic carboxylic acids is 1. The largest absolute Gasteiger partial charge is 0.481 e. The van der Waals surface area contributed by atoms with Crippen LogP contribution in [0.15, 0.2) is 18.6 Å². The van der Waals surface area contributed by atoms with Gasteiger partial charge in [0.2, 0.25) is 0 Å². The second kappa shape index (κ2) is 4.54. The fraction of sp³-hybridized carbons (Fsp3) is 0.444. The van der Waals surface area contributed by atoms with E-state index in [4.69, 9.17) is 5.11 Å². The Morgan fingerprint density at radius 3 is 2.46 bits per heavy atom. The second-order valence-electron chi connectivity index (χ2n) is 2.96. The average molecular weight is 180 g/mol. The third kappa shape index (κ3) is 4.20. The van der Waals surface area contributed by atoms with E-state index < -0.39 is 5.97 Å². The fourth-order valence-electron chi connectivity index (χ4n) is 0.687. The number of nitrogens with zero attached hydrogens (tertiary/aromatic N) is 2. The van der Waals surface area contributed by atoms with Gasteiger partial charge in [-0.2, -0.15) is 0 Å². The molecule has 1 aromatic rings. The number of aromatic nitrogens is 2. The highest BCUT2D eigenvalue weighted by molar-refractivity contribution is 5.72. The molecule has 1 aromatic heterocycles. The Kier molecular flexibility index (Phi) is 3.37. The van der Waals surface area contributed by atoms with Crippen LogP contribution in [0.4, 0.5) is 0 Å². The maximum Gasteiger partial charge on any atom is 0.306 e. The van der Waals surface area contributed by atoms with Crippen molar-refractivity contribution in [3.8, 4) is 0 Å². The molecule has 2 rings (SSSR count). The molecular weight excluding hydrogens is 168 g/mol. The number of carboxylic acid groups (broad SMARTS) is 1. The number of rotatable bonds is 1. The van der Waals surface area contributed by atoms with Crippen molar-refractivity contribution in [2.24, 2.45) is 5.92 Å². The maximum atomic E-state index is 9.76. The molecule has 0 unspecified atom stereocenters. The van der Waals surface area contributed by atoms with Crippen molar-refractivity contribution in [2.45, 2.75) is 19.8 Å². The normalized spacial score (nSPS) is 14.2. The lowest BCUT2D eigenvalue weighted by Crippen LogP contribution is -1.94. The zero-order valence-corrected chi connectivity index (χ0v) is 7.47. The lowest BCUT2D eigenvalue weighted by atomic mass is 10.5. The van der Waals surface area contributed by atoms with Crippen molar-refractivity contribution >= 4 is 5.97 Å². The molecule has 4 nitrogen and oxygen atoms in total. The smallest absolute Gasteiger partial charge is 0.306 e. The summed E-state index contributed by atoms with van der Waals surface area (Å²) in [7, 11) is 0. The monoisotopic (exact) mass is 180 g/mol. The molecule has 4 heteroatoms. The summed E-state index contributed by atoms with van der Waals surface area (Å²) in [6.45, 7) is 1.93. The van der Waals surface area contributed by atoms with Crippen molar-refractivity contribution in [1.29, 1.82) is 0 Å². The average Bonchev–Trinajstić information content (AvgIpc) is 2.88. The van der Waals surface area contributed by atoms with Crippen LogP contribution in [0.5, 0.6) is 0 Å². The van der Waals surface area contributed by atoms with Crippen LogP contribution in [0.1, 0.15) is 18.5 Å². The summed E-state index contributed by atoms with van der Waals surface area (Å²) in [5, 5.41) is 8.05. The van der Waals surface area contributed by atoms with E-state index in [0.717, 1.165) is 18.5 Å². The van der Waals surface area contributed by atoms with Crippen molar-refractivity contribution < 1.29 is 9.90 Å². The summed E-state index contributed by atoms with van der Waals surface area (Å²) in [6.07, 6.45) is 5.06. The van der Waals surface area contributed by atoms with E-state index in [1.165, 1.54) is 6.33 Å². The molecule has 13 heavy (non-hydrogen) atoms. The Bertz CT molecular complexity index is 270. The summed E-state index contributed by atoms with van der Waals surface area (Å²) in [5.41, 5.74) is 1.01. The molecule has 1 saturated carbocycles. The molecule has 1 heterocycles. The van der Waals surface area contributed by atoms with Gasteiger partial charge in [-0.1, -0.05) is 0 Å². The predicted molar refractivity (Wildman–Crippen MR) is 47.1 cm³/mol. The van der Waals surface area contributed by atoms with Gasteiger partial charge in [0.15, 0.2) is 0 Å². The highest BCUT2D eigenvalue weighted by atomic mass is 16.4. The first-order chi connectivity index (χ1) is 6.20. The molecule has 0 aliphatic heterocycles. The van der Waals surface area contributed by atoms with Gasteiger partial charge in [0, 0.05) is 11.9 Å². The first-order valence-corrected chi connectivity index (χ1v) is 4.15.